The van der Waals surface area contributed by atoms with Crippen molar-refractivity contribution in [3.8, 4) is 0 Å². The number of nitrogen functional groups attached to an aromatic ring is 1. The second-order valence-corrected chi connectivity index (χ2v) is 14.4. The van der Waals surface area contributed by atoms with Crippen molar-refractivity contribution in [3.63, 3.8) is 0 Å². The molecule has 2 N–H and O–H groups in total. The van der Waals surface area contributed by atoms with Crippen molar-refractivity contribution in [1.82, 2.24) is 29.1 Å². The smallest absolute Gasteiger partial charge is 0.200 e. The van der Waals surface area contributed by atoms with Crippen LogP contribution in [0.4, 0.5) is 5.82 Å². The molecule has 0 fully saturated rings. The van der Waals surface area contributed by atoms with Gasteiger partial charge >= 0.3 is 0 Å². The van der Waals surface area contributed by atoms with E-state index in [1.807, 2.05) is 69.8 Å². The summed E-state index contributed by atoms with van der Waals surface area (Å²) in [5, 5.41) is 1.24. The summed E-state index contributed by atoms with van der Waals surface area (Å²) in [6.45, 7) is 0.833. The van der Waals surface area contributed by atoms with Gasteiger partial charge in [-0.3, -0.25) is 19.2 Å². The molecule has 0 aliphatic carbocycles. The number of hydrogen-bond acceptors (Lipinski definition) is 9. The van der Waals surface area contributed by atoms with Crippen molar-refractivity contribution in [2.24, 2.45) is 0 Å². The van der Waals surface area contributed by atoms with E-state index in [-0.39, 0.29) is 32.9 Å². The van der Waals surface area contributed by atoms with Crippen LogP contribution < -0.4 is 16.6 Å². The third-order valence-corrected chi connectivity index (χ3v) is 9.82. The lowest BCUT2D eigenvalue weighted by Gasteiger charge is -2.13. The predicted octanol–water partition coefficient (Wildman–Crippen LogP) is 7.90. The summed E-state index contributed by atoms with van der Waals surface area (Å²) >= 11 is 12.5. The number of para-hydroxylation sites is 2. The van der Waals surface area contributed by atoms with Crippen LogP contribution in [0.25, 0.3) is 21.8 Å². The number of anilines is 1. The molecule has 0 amide bonds. The molecular weight excluding hydrogens is 862 g/mol. The molecule has 0 aliphatic rings. The average Bonchev–Trinajstić information content (AvgIpc) is 3.20. The maximum Gasteiger partial charge on any atom is 0.200 e. The van der Waals surface area contributed by atoms with Crippen LogP contribution in [-0.4, -0.2) is 40.6 Å². The Balaban J connectivity index is 0.000000172. The van der Waals surface area contributed by atoms with Gasteiger partial charge in [-0.05, 0) is 105 Å². The Kier molecular flexibility index (Phi) is 11.4. The molecule has 276 valence electrons. The Labute approximate surface area is 340 Å². The number of ketones is 2. The van der Waals surface area contributed by atoms with Gasteiger partial charge in [-0.25, -0.2) is 19.9 Å². The van der Waals surface area contributed by atoms with E-state index in [0.717, 1.165) is 31.6 Å². The number of pyridine rings is 6. The fraction of sp³-hybridized carbons (Fsp3) is 0.0476. The van der Waals surface area contributed by atoms with Crippen LogP contribution in [-0.2, 0) is 13.1 Å². The molecule has 0 radical (unpaired) electrons. The number of fused-ring (bicyclic) bond motifs is 2. The number of carbonyl (C=O) groups is 2. The van der Waals surface area contributed by atoms with Gasteiger partial charge in [0.2, 0.25) is 10.9 Å². The molecule has 0 spiro atoms. The van der Waals surface area contributed by atoms with Crippen LogP contribution in [0.3, 0.4) is 0 Å². The number of hydrogen-bond donors (Lipinski definition) is 1. The van der Waals surface area contributed by atoms with Crippen molar-refractivity contribution in [2.75, 3.05) is 5.73 Å². The van der Waals surface area contributed by atoms with Gasteiger partial charge in [-0.1, -0.05) is 48.0 Å². The van der Waals surface area contributed by atoms with Gasteiger partial charge in [0.05, 0.1) is 46.6 Å². The lowest BCUT2D eigenvalue weighted by molar-refractivity contribution is 0.102. The SMILES string of the molecule is Nc1ccc(C(=O)c2cn(Cc3cccc(Br)n3)c3ccccc3c2=O)cn1.O=C(c1ccc(Cl)nc1)c1cn(Cc2cccc(Br)n2)c2ccccc2c1=O. The highest BCUT2D eigenvalue weighted by atomic mass is 79.9. The molecular formula is C42H28Br2ClN7O4. The highest BCUT2D eigenvalue weighted by molar-refractivity contribution is 9.10. The third-order valence-electron chi connectivity index (χ3n) is 8.71. The Morgan fingerprint density at radius 3 is 1.48 bits per heavy atom. The molecule has 2 aromatic carbocycles. The number of nitrogens with two attached hydrogens (primary N) is 1. The highest BCUT2D eigenvalue weighted by Gasteiger charge is 2.19. The van der Waals surface area contributed by atoms with Gasteiger partial charge in [0.25, 0.3) is 0 Å². The number of aromatic nitrogens is 6. The number of halogens is 3. The van der Waals surface area contributed by atoms with Crippen LogP contribution in [0.2, 0.25) is 5.15 Å². The standard InChI is InChI=1S/C21H13BrClN3O2.C21H15BrN4O2/c2*22-18-7-3-4-14(25-18)11-26-12-16(20(27)13-8-9-19(23)24-10-13)21(28)15-5-1-2-6-17(15)26/h1-10,12H,11H2;1-10,12H,11H2,(H2,23,24). The lowest BCUT2D eigenvalue weighted by Crippen LogP contribution is -2.20. The number of rotatable bonds is 8. The highest BCUT2D eigenvalue weighted by Crippen LogP contribution is 2.19. The lowest BCUT2D eigenvalue weighted by atomic mass is 10.0. The first-order valence-electron chi connectivity index (χ1n) is 17.0. The van der Waals surface area contributed by atoms with E-state index in [9.17, 15) is 19.2 Å². The summed E-state index contributed by atoms with van der Waals surface area (Å²) in [4.78, 5) is 68.6. The summed E-state index contributed by atoms with van der Waals surface area (Å²) < 4.78 is 5.17. The molecule has 0 saturated carbocycles. The molecule has 8 rings (SSSR count). The van der Waals surface area contributed by atoms with E-state index in [1.165, 1.54) is 24.5 Å². The Hall–Kier alpha value is -6.15. The van der Waals surface area contributed by atoms with Crippen molar-refractivity contribution >= 4 is 82.7 Å². The number of nitrogens with zero attached hydrogens (tertiary/aromatic N) is 6. The fourth-order valence-electron chi connectivity index (χ4n) is 6.06. The van der Waals surface area contributed by atoms with Gasteiger partial charge in [0.15, 0.2) is 11.6 Å². The summed E-state index contributed by atoms with van der Waals surface area (Å²) in [7, 11) is 0. The van der Waals surface area contributed by atoms with Crippen LogP contribution in [0.5, 0.6) is 0 Å². The molecule has 11 nitrogen and oxygen atoms in total. The molecule has 56 heavy (non-hydrogen) atoms. The summed E-state index contributed by atoms with van der Waals surface area (Å²) in [6.07, 6.45) is 5.93. The maximum absolute atomic E-state index is 13.0. The molecule has 6 heterocycles. The zero-order valence-electron chi connectivity index (χ0n) is 29.1. The summed E-state index contributed by atoms with van der Waals surface area (Å²) in [6, 6.07) is 31.9. The molecule has 14 heteroatoms. The second kappa shape index (κ2) is 16.7. The topological polar surface area (TPSA) is 156 Å². The van der Waals surface area contributed by atoms with Crippen molar-refractivity contribution in [2.45, 2.75) is 13.1 Å². The normalized spacial score (nSPS) is 10.9. The zero-order chi connectivity index (χ0) is 39.3. The minimum Gasteiger partial charge on any atom is -0.384 e. The molecule has 0 atom stereocenters. The van der Waals surface area contributed by atoms with E-state index < -0.39 is 5.78 Å². The van der Waals surface area contributed by atoms with Gasteiger partial charge in [-0.2, -0.15) is 0 Å². The molecule has 0 unspecified atom stereocenters. The van der Waals surface area contributed by atoms with Gasteiger partial charge < -0.3 is 14.9 Å². The van der Waals surface area contributed by atoms with E-state index in [0.29, 0.717) is 40.8 Å². The molecule has 0 aliphatic heterocycles. The van der Waals surface area contributed by atoms with Crippen molar-refractivity contribution < 1.29 is 9.59 Å². The minimum absolute atomic E-state index is 0.0813. The fourth-order valence-corrected chi connectivity index (χ4v) is 6.93. The van der Waals surface area contributed by atoms with E-state index in [2.05, 4.69) is 51.8 Å². The zero-order valence-corrected chi connectivity index (χ0v) is 33.1. The molecule has 8 aromatic rings. The van der Waals surface area contributed by atoms with E-state index >= 15 is 0 Å². The van der Waals surface area contributed by atoms with E-state index in [1.54, 1.807) is 48.8 Å². The molecule has 6 aromatic heterocycles. The van der Waals surface area contributed by atoms with Gasteiger partial charge in [-0.15, -0.1) is 0 Å². The Bertz CT molecular complexity index is 2700. The maximum atomic E-state index is 13.0. The summed E-state index contributed by atoms with van der Waals surface area (Å²) in [5.41, 5.74) is 8.84. The average molecular weight is 890 g/mol. The largest absolute Gasteiger partial charge is 0.384 e. The first-order chi connectivity index (χ1) is 27.0. The quantitative estimate of drug-likeness (QED) is 0.118. The van der Waals surface area contributed by atoms with Crippen LogP contribution >= 0.6 is 43.5 Å². The Morgan fingerprint density at radius 2 is 1.05 bits per heavy atom. The number of carbonyl (C=O) groups excluding carboxylic acids is 2. The van der Waals surface area contributed by atoms with Gasteiger partial charge in [0.1, 0.15) is 20.2 Å². The van der Waals surface area contributed by atoms with Crippen LogP contribution in [0.1, 0.15) is 43.2 Å². The van der Waals surface area contributed by atoms with Gasteiger partial charge in [0, 0.05) is 46.7 Å². The first kappa shape index (κ1) is 38.1. The first-order valence-corrected chi connectivity index (χ1v) is 18.9. The molecule has 0 saturated heterocycles. The van der Waals surface area contributed by atoms with Crippen molar-refractivity contribution in [3.05, 3.63) is 202 Å². The van der Waals surface area contributed by atoms with Crippen molar-refractivity contribution in [1.29, 1.82) is 0 Å². The summed E-state index contributed by atoms with van der Waals surface area (Å²) in [5.74, 6) is -0.469. The number of benzene rings is 2. The monoisotopic (exact) mass is 887 g/mol. The Morgan fingerprint density at radius 1 is 0.589 bits per heavy atom. The second-order valence-electron chi connectivity index (χ2n) is 12.4. The third kappa shape index (κ3) is 8.40. The van der Waals surface area contributed by atoms with Crippen LogP contribution in [0, 0.1) is 0 Å². The minimum atomic E-state index is -0.393. The van der Waals surface area contributed by atoms with Crippen LogP contribution in [0.15, 0.2) is 153 Å². The van der Waals surface area contributed by atoms with E-state index in [4.69, 9.17) is 17.3 Å². The predicted molar refractivity (Wildman–Crippen MR) is 223 cm³/mol. The molecule has 0 bridgehead atoms.